The first-order valence-corrected chi connectivity index (χ1v) is 5.67. The Labute approximate surface area is 115 Å². The fraction of sp³-hybridized carbons (Fsp3) is 0.231. The van der Waals surface area contributed by atoms with Gasteiger partial charge >= 0.3 is 0 Å². The molecule has 0 saturated heterocycles. The van der Waals surface area contributed by atoms with Crippen molar-refractivity contribution in [1.29, 1.82) is 0 Å². The molecule has 0 spiro atoms. The average molecular weight is 278 g/mol. The Morgan fingerprint density at radius 1 is 1.10 bits per heavy atom. The van der Waals surface area contributed by atoms with E-state index in [0.29, 0.717) is 28.5 Å². The highest BCUT2D eigenvalue weighted by atomic mass is 16.5. The van der Waals surface area contributed by atoms with Crippen molar-refractivity contribution in [3.05, 3.63) is 24.0 Å². The zero-order chi connectivity index (χ0) is 14.7. The van der Waals surface area contributed by atoms with Gasteiger partial charge in [-0.25, -0.2) is 0 Å². The van der Waals surface area contributed by atoms with Gasteiger partial charge in [-0.1, -0.05) is 5.16 Å². The summed E-state index contributed by atoms with van der Waals surface area (Å²) in [5.74, 6) is 0.721. The lowest BCUT2D eigenvalue weighted by Gasteiger charge is -2.13. The van der Waals surface area contributed by atoms with Gasteiger partial charge < -0.3 is 24.5 Å². The molecule has 106 valence electrons. The largest absolute Gasteiger partial charge is 0.493 e. The minimum atomic E-state index is -0.684. The second-order valence-electron chi connectivity index (χ2n) is 3.85. The molecule has 1 aromatic carbocycles. The smallest absolute Gasteiger partial charge is 0.287 e. The van der Waals surface area contributed by atoms with Crippen molar-refractivity contribution in [1.82, 2.24) is 5.16 Å². The fourth-order valence-corrected chi connectivity index (χ4v) is 1.76. The van der Waals surface area contributed by atoms with Crippen LogP contribution in [0.4, 0.5) is 0 Å². The maximum atomic E-state index is 11.0. The van der Waals surface area contributed by atoms with E-state index in [4.69, 9.17) is 24.5 Å². The number of hydrogen-bond donors (Lipinski definition) is 1. The molecule has 1 aromatic heterocycles. The van der Waals surface area contributed by atoms with Crippen molar-refractivity contribution in [3.63, 3.8) is 0 Å². The molecule has 7 nitrogen and oxygen atoms in total. The molecule has 7 heteroatoms. The van der Waals surface area contributed by atoms with Crippen LogP contribution in [0.15, 0.2) is 22.7 Å². The quantitative estimate of drug-likeness (QED) is 0.889. The lowest BCUT2D eigenvalue weighted by molar-refractivity contribution is 0.0965. The third kappa shape index (κ3) is 2.37. The summed E-state index contributed by atoms with van der Waals surface area (Å²) in [7, 11) is 4.54. The van der Waals surface area contributed by atoms with Gasteiger partial charge in [-0.3, -0.25) is 4.79 Å². The fourth-order valence-electron chi connectivity index (χ4n) is 1.76. The molecule has 0 radical (unpaired) electrons. The summed E-state index contributed by atoms with van der Waals surface area (Å²) in [5, 5.41) is 3.79. The molecule has 1 amide bonds. The summed E-state index contributed by atoms with van der Waals surface area (Å²) >= 11 is 0. The van der Waals surface area contributed by atoms with Crippen molar-refractivity contribution in [2.45, 2.75) is 0 Å². The van der Waals surface area contributed by atoms with E-state index in [-0.39, 0.29) is 5.76 Å². The maximum absolute atomic E-state index is 11.0. The van der Waals surface area contributed by atoms with Crippen LogP contribution >= 0.6 is 0 Å². The summed E-state index contributed by atoms with van der Waals surface area (Å²) in [6.07, 6.45) is 0. The molecule has 2 aromatic rings. The van der Waals surface area contributed by atoms with Crippen LogP contribution in [0.1, 0.15) is 10.6 Å². The number of carbonyl (C=O) groups excluding carboxylic acids is 1. The normalized spacial score (nSPS) is 10.2. The summed E-state index contributed by atoms with van der Waals surface area (Å²) < 4.78 is 20.6. The number of rotatable bonds is 5. The maximum Gasteiger partial charge on any atom is 0.287 e. The Kier molecular flexibility index (Phi) is 3.79. The molecule has 0 saturated carbocycles. The van der Waals surface area contributed by atoms with E-state index in [0.717, 1.165) is 0 Å². The van der Waals surface area contributed by atoms with E-state index in [2.05, 4.69) is 5.16 Å². The Morgan fingerprint density at radius 3 is 2.10 bits per heavy atom. The van der Waals surface area contributed by atoms with Crippen molar-refractivity contribution in [2.24, 2.45) is 5.73 Å². The molecule has 2 rings (SSSR count). The van der Waals surface area contributed by atoms with Gasteiger partial charge in [-0.15, -0.1) is 0 Å². The van der Waals surface area contributed by atoms with Crippen LogP contribution in [0.2, 0.25) is 0 Å². The number of primary amides is 1. The standard InChI is InChI=1S/C13H14N2O5/c1-17-9-4-7(5-10(18-2)12(9)19-3)8-6-11(13(14)16)20-15-8/h4-6H,1-3H3,(H2,14,16). The van der Waals surface area contributed by atoms with Crippen LogP contribution in [0.25, 0.3) is 11.3 Å². The number of hydrogen-bond acceptors (Lipinski definition) is 6. The summed E-state index contributed by atoms with van der Waals surface area (Å²) in [4.78, 5) is 11.0. The summed E-state index contributed by atoms with van der Waals surface area (Å²) in [5.41, 5.74) is 6.21. The average Bonchev–Trinajstić information content (AvgIpc) is 2.95. The number of amides is 1. The van der Waals surface area contributed by atoms with Gasteiger partial charge in [0.05, 0.1) is 21.3 Å². The number of ether oxygens (including phenoxy) is 3. The lowest BCUT2D eigenvalue weighted by atomic mass is 10.1. The molecular formula is C13H14N2O5. The predicted octanol–water partition coefficient (Wildman–Crippen LogP) is 1.47. The Bertz CT molecular complexity index is 610. The second-order valence-corrected chi connectivity index (χ2v) is 3.85. The third-order valence-electron chi connectivity index (χ3n) is 2.71. The number of carbonyl (C=O) groups is 1. The van der Waals surface area contributed by atoms with Gasteiger partial charge in [-0.2, -0.15) is 0 Å². The van der Waals surface area contributed by atoms with Crippen LogP contribution in [-0.2, 0) is 0 Å². The first-order valence-electron chi connectivity index (χ1n) is 5.67. The number of nitrogens with zero attached hydrogens (tertiary/aromatic N) is 1. The van der Waals surface area contributed by atoms with Crippen molar-refractivity contribution >= 4 is 5.91 Å². The molecule has 0 aliphatic carbocycles. The van der Waals surface area contributed by atoms with E-state index < -0.39 is 5.91 Å². The van der Waals surface area contributed by atoms with E-state index in [1.54, 1.807) is 12.1 Å². The number of nitrogens with two attached hydrogens (primary N) is 1. The monoisotopic (exact) mass is 278 g/mol. The van der Waals surface area contributed by atoms with Crippen molar-refractivity contribution in [3.8, 4) is 28.5 Å². The minimum Gasteiger partial charge on any atom is -0.493 e. The molecule has 1 heterocycles. The van der Waals surface area contributed by atoms with Gasteiger partial charge in [0.15, 0.2) is 11.5 Å². The first kappa shape index (κ1) is 13.7. The van der Waals surface area contributed by atoms with E-state index in [1.165, 1.54) is 27.4 Å². The Morgan fingerprint density at radius 2 is 1.70 bits per heavy atom. The molecule has 0 fully saturated rings. The molecule has 0 aliphatic rings. The van der Waals surface area contributed by atoms with Gasteiger partial charge in [0.25, 0.3) is 5.91 Å². The lowest BCUT2D eigenvalue weighted by Crippen LogP contribution is -2.09. The molecule has 0 bridgehead atoms. The zero-order valence-electron chi connectivity index (χ0n) is 11.3. The van der Waals surface area contributed by atoms with Crippen LogP contribution in [0.5, 0.6) is 17.2 Å². The van der Waals surface area contributed by atoms with Gasteiger partial charge in [0.1, 0.15) is 5.69 Å². The second kappa shape index (κ2) is 5.52. The molecule has 0 aliphatic heterocycles. The number of methoxy groups -OCH3 is 3. The number of aromatic nitrogens is 1. The molecule has 0 atom stereocenters. The predicted molar refractivity (Wildman–Crippen MR) is 70.1 cm³/mol. The molecule has 0 unspecified atom stereocenters. The van der Waals surface area contributed by atoms with E-state index in [1.807, 2.05) is 0 Å². The van der Waals surface area contributed by atoms with Crippen LogP contribution in [0.3, 0.4) is 0 Å². The van der Waals surface area contributed by atoms with Crippen molar-refractivity contribution in [2.75, 3.05) is 21.3 Å². The molecular weight excluding hydrogens is 264 g/mol. The molecule has 20 heavy (non-hydrogen) atoms. The van der Waals surface area contributed by atoms with E-state index in [9.17, 15) is 4.79 Å². The van der Waals surface area contributed by atoms with Gasteiger partial charge in [0.2, 0.25) is 11.5 Å². The third-order valence-corrected chi connectivity index (χ3v) is 2.71. The Hall–Kier alpha value is -2.70. The number of benzene rings is 1. The summed E-state index contributed by atoms with van der Waals surface area (Å²) in [6, 6.07) is 4.84. The summed E-state index contributed by atoms with van der Waals surface area (Å²) in [6.45, 7) is 0. The van der Waals surface area contributed by atoms with Crippen molar-refractivity contribution < 1.29 is 23.5 Å². The van der Waals surface area contributed by atoms with E-state index >= 15 is 0 Å². The molecule has 2 N–H and O–H groups in total. The zero-order valence-corrected chi connectivity index (χ0v) is 11.3. The first-order chi connectivity index (χ1) is 9.60. The van der Waals surface area contributed by atoms with Crippen LogP contribution in [-0.4, -0.2) is 32.4 Å². The highest BCUT2D eigenvalue weighted by molar-refractivity contribution is 5.91. The SMILES string of the molecule is COc1cc(-c2cc(C(N)=O)on2)cc(OC)c1OC. The highest BCUT2D eigenvalue weighted by Crippen LogP contribution is 2.40. The van der Waals surface area contributed by atoms with Gasteiger partial charge in [-0.05, 0) is 12.1 Å². The topological polar surface area (TPSA) is 96.8 Å². The highest BCUT2D eigenvalue weighted by Gasteiger charge is 2.17. The van der Waals surface area contributed by atoms with Crippen LogP contribution in [0, 0.1) is 0 Å². The van der Waals surface area contributed by atoms with Gasteiger partial charge in [0, 0.05) is 11.6 Å². The minimum absolute atomic E-state index is 0.0197. The Balaban J connectivity index is 2.53. The van der Waals surface area contributed by atoms with Crippen LogP contribution < -0.4 is 19.9 Å².